The summed E-state index contributed by atoms with van der Waals surface area (Å²) in [6, 6.07) is 4.29. The lowest BCUT2D eigenvalue weighted by atomic mass is 10.1. The molecule has 4 N–H and O–H groups in total. The zero-order valence-electron chi connectivity index (χ0n) is 11.5. The van der Waals surface area contributed by atoms with Crippen molar-refractivity contribution >= 4 is 15.9 Å². The maximum Gasteiger partial charge on any atom is 0.249 e. The number of nitrogens with zero attached hydrogens (tertiary/aromatic N) is 1. The molecule has 0 aliphatic rings. The number of hydrogen-bond acceptors (Lipinski definition) is 4. The fourth-order valence-electron chi connectivity index (χ4n) is 1.86. The molecule has 1 heterocycles. The van der Waals surface area contributed by atoms with E-state index < -0.39 is 15.9 Å². The Labute approximate surface area is 122 Å². The molecular weight excluding hydrogens is 292 g/mol. The SMILES string of the molecule is Cc1ccc(S(=O)(=O)NCCc2cnc[nH]2)cc1C(N)=O. The fourth-order valence-corrected chi connectivity index (χ4v) is 2.92. The van der Waals surface area contributed by atoms with Crippen molar-refractivity contribution in [3.8, 4) is 0 Å². The van der Waals surface area contributed by atoms with Crippen LogP contribution in [0.1, 0.15) is 21.6 Å². The number of nitrogens with one attached hydrogen (secondary N) is 2. The van der Waals surface area contributed by atoms with Gasteiger partial charge in [-0.25, -0.2) is 18.1 Å². The van der Waals surface area contributed by atoms with Gasteiger partial charge in [0, 0.05) is 30.4 Å². The van der Waals surface area contributed by atoms with Crippen LogP contribution in [0, 0.1) is 6.92 Å². The average molecular weight is 308 g/mol. The number of sulfonamides is 1. The highest BCUT2D eigenvalue weighted by Gasteiger charge is 2.16. The number of primary amides is 1. The molecule has 0 aliphatic heterocycles. The molecule has 0 bridgehead atoms. The minimum Gasteiger partial charge on any atom is -0.366 e. The molecule has 0 unspecified atom stereocenters. The highest BCUT2D eigenvalue weighted by atomic mass is 32.2. The van der Waals surface area contributed by atoms with Crippen LogP contribution in [-0.2, 0) is 16.4 Å². The van der Waals surface area contributed by atoms with Crippen LogP contribution in [0.25, 0.3) is 0 Å². The second-order valence-corrected chi connectivity index (χ2v) is 6.33. The molecule has 0 fully saturated rings. The first-order valence-electron chi connectivity index (χ1n) is 6.27. The number of amides is 1. The first kappa shape index (κ1) is 15.2. The van der Waals surface area contributed by atoms with Gasteiger partial charge in [-0.05, 0) is 24.6 Å². The van der Waals surface area contributed by atoms with Gasteiger partial charge < -0.3 is 10.7 Å². The predicted octanol–water partition coefficient (Wildman–Crippen LogP) is 0.338. The first-order valence-corrected chi connectivity index (χ1v) is 7.76. The maximum absolute atomic E-state index is 12.2. The third kappa shape index (κ3) is 3.67. The van der Waals surface area contributed by atoms with E-state index in [9.17, 15) is 13.2 Å². The lowest BCUT2D eigenvalue weighted by Crippen LogP contribution is -2.26. The third-order valence-corrected chi connectivity index (χ3v) is 4.48. The summed E-state index contributed by atoms with van der Waals surface area (Å²) >= 11 is 0. The number of imidazole rings is 1. The van der Waals surface area contributed by atoms with Crippen LogP contribution < -0.4 is 10.5 Å². The number of aryl methyl sites for hydroxylation is 1. The zero-order valence-corrected chi connectivity index (χ0v) is 12.3. The van der Waals surface area contributed by atoms with Crippen LogP contribution in [0.3, 0.4) is 0 Å². The molecule has 1 aromatic carbocycles. The number of benzene rings is 1. The Bertz CT molecular complexity index is 739. The molecule has 0 aliphatic carbocycles. The van der Waals surface area contributed by atoms with Crippen molar-refractivity contribution in [3.05, 3.63) is 47.5 Å². The van der Waals surface area contributed by atoms with Crippen LogP contribution in [-0.4, -0.2) is 30.8 Å². The van der Waals surface area contributed by atoms with Crippen LogP contribution in [0.2, 0.25) is 0 Å². The quantitative estimate of drug-likeness (QED) is 0.713. The lowest BCUT2D eigenvalue weighted by Gasteiger charge is -2.08. The van der Waals surface area contributed by atoms with E-state index >= 15 is 0 Å². The molecule has 0 saturated carbocycles. The molecule has 1 aromatic heterocycles. The van der Waals surface area contributed by atoms with Gasteiger partial charge in [0.1, 0.15) is 0 Å². The normalized spacial score (nSPS) is 11.5. The van der Waals surface area contributed by atoms with Gasteiger partial charge in [-0.1, -0.05) is 6.07 Å². The van der Waals surface area contributed by atoms with Crippen LogP contribution >= 0.6 is 0 Å². The first-order chi connectivity index (χ1) is 9.90. The highest BCUT2D eigenvalue weighted by Crippen LogP contribution is 2.15. The predicted molar refractivity (Wildman–Crippen MR) is 77.2 cm³/mol. The van der Waals surface area contributed by atoms with Gasteiger partial charge in [0.15, 0.2) is 0 Å². The van der Waals surface area contributed by atoms with Crippen molar-refractivity contribution in [2.24, 2.45) is 5.73 Å². The summed E-state index contributed by atoms with van der Waals surface area (Å²) in [6.07, 6.45) is 3.65. The molecule has 8 heteroatoms. The summed E-state index contributed by atoms with van der Waals surface area (Å²) in [5.74, 6) is -0.651. The van der Waals surface area contributed by atoms with Crippen molar-refractivity contribution in [1.82, 2.24) is 14.7 Å². The van der Waals surface area contributed by atoms with Crippen molar-refractivity contribution in [1.29, 1.82) is 0 Å². The lowest BCUT2D eigenvalue weighted by molar-refractivity contribution is 0.0999. The van der Waals surface area contributed by atoms with E-state index in [0.717, 1.165) is 5.69 Å². The number of carbonyl (C=O) groups excluding carboxylic acids is 1. The molecule has 21 heavy (non-hydrogen) atoms. The molecule has 0 atom stereocenters. The van der Waals surface area contributed by atoms with E-state index in [1.807, 2.05) is 0 Å². The molecule has 0 radical (unpaired) electrons. The minimum atomic E-state index is -3.68. The molecule has 2 rings (SSSR count). The number of aromatic nitrogens is 2. The molecule has 7 nitrogen and oxygen atoms in total. The zero-order chi connectivity index (χ0) is 15.5. The number of hydrogen-bond donors (Lipinski definition) is 3. The molecule has 112 valence electrons. The van der Waals surface area contributed by atoms with Gasteiger partial charge in [-0.15, -0.1) is 0 Å². The van der Waals surface area contributed by atoms with E-state index in [1.54, 1.807) is 19.2 Å². The smallest absolute Gasteiger partial charge is 0.249 e. The fraction of sp³-hybridized carbons (Fsp3) is 0.231. The average Bonchev–Trinajstić information content (AvgIpc) is 2.91. The Balaban J connectivity index is 2.12. The Kier molecular flexibility index (Phi) is 4.39. The van der Waals surface area contributed by atoms with Crippen LogP contribution in [0.5, 0.6) is 0 Å². The van der Waals surface area contributed by atoms with Crippen molar-refractivity contribution in [2.75, 3.05) is 6.54 Å². The third-order valence-electron chi connectivity index (χ3n) is 3.03. The van der Waals surface area contributed by atoms with E-state index in [4.69, 9.17) is 5.73 Å². The van der Waals surface area contributed by atoms with Crippen molar-refractivity contribution in [3.63, 3.8) is 0 Å². The van der Waals surface area contributed by atoms with Crippen LogP contribution in [0.15, 0.2) is 35.6 Å². The van der Waals surface area contributed by atoms with E-state index in [-0.39, 0.29) is 17.0 Å². The topological polar surface area (TPSA) is 118 Å². The minimum absolute atomic E-state index is 0.0199. The summed E-state index contributed by atoms with van der Waals surface area (Å²) in [7, 11) is -3.68. The summed E-state index contributed by atoms with van der Waals surface area (Å²) in [5.41, 5.74) is 6.90. The number of rotatable bonds is 6. The van der Waals surface area contributed by atoms with Gasteiger partial charge >= 0.3 is 0 Å². The van der Waals surface area contributed by atoms with E-state index in [1.165, 1.54) is 18.5 Å². The van der Waals surface area contributed by atoms with Gasteiger partial charge in [0.05, 0.1) is 11.2 Å². The second kappa shape index (κ2) is 6.06. The monoisotopic (exact) mass is 308 g/mol. The summed E-state index contributed by atoms with van der Waals surface area (Å²) in [6.45, 7) is 1.92. The maximum atomic E-state index is 12.2. The van der Waals surface area contributed by atoms with Gasteiger partial charge in [-0.3, -0.25) is 4.79 Å². The number of carbonyl (C=O) groups is 1. The van der Waals surface area contributed by atoms with E-state index in [2.05, 4.69) is 14.7 Å². The Hall–Kier alpha value is -2.19. The van der Waals surface area contributed by atoms with E-state index in [0.29, 0.717) is 12.0 Å². The van der Waals surface area contributed by atoms with Gasteiger partial charge in [-0.2, -0.15) is 0 Å². The standard InChI is InChI=1S/C13H16N4O3S/c1-9-2-3-11(6-12(9)13(14)18)21(19,20)17-5-4-10-7-15-8-16-10/h2-3,6-8,17H,4-5H2,1H3,(H2,14,18)(H,15,16). The number of aromatic amines is 1. The summed E-state index contributed by atoms with van der Waals surface area (Å²) in [5, 5.41) is 0. The van der Waals surface area contributed by atoms with Crippen LogP contribution in [0.4, 0.5) is 0 Å². The van der Waals surface area contributed by atoms with Gasteiger partial charge in [0.2, 0.25) is 15.9 Å². The van der Waals surface area contributed by atoms with Crippen molar-refractivity contribution in [2.45, 2.75) is 18.2 Å². The van der Waals surface area contributed by atoms with Gasteiger partial charge in [0.25, 0.3) is 0 Å². The Morgan fingerprint density at radius 3 is 2.81 bits per heavy atom. The molecule has 2 aromatic rings. The Morgan fingerprint density at radius 1 is 1.43 bits per heavy atom. The largest absolute Gasteiger partial charge is 0.366 e. The number of nitrogens with two attached hydrogens (primary N) is 1. The summed E-state index contributed by atoms with van der Waals surface area (Å²) in [4.78, 5) is 18.0. The summed E-state index contributed by atoms with van der Waals surface area (Å²) < 4.78 is 26.8. The molecule has 0 spiro atoms. The molecular formula is C13H16N4O3S. The molecule has 0 saturated heterocycles. The number of H-pyrrole nitrogens is 1. The van der Waals surface area contributed by atoms with Crippen molar-refractivity contribution < 1.29 is 13.2 Å². The Morgan fingerprint density at radius 2 is 2.19 bits per heavy atom. The highest BCUT2D eigenvalue weighted by molar-refractivity contribution is 7.89. The second-order valence-electron chi connectivity index (χ2n) is 4.57. The molecule has 1 amide bonds.